The molecule has 0 aromatic heterocycles. The molecule has 1 N–H and O–H groups in total. The van der Waals surface area contributed by atoms with Gasteiger partial charge in [-0.25, -0.2) is 4.79 Å². The van der Waals surface area contributed by atoms with E-state index >= 15 is 0 Å². The van der Waals surface area contributed by atoms with Gasteiger partial charge in [0.25, 0.3) is 0 Å². The molecule has 6 nitrogen and oxygen atoms in total. The van der Waals surface area contributed by atoms with Crippen LogP contribution in [0.15, 0.2) is 10.6 Å². The normalized spacial score (nSPS) is 23.8. The monoisotopic (exact) mass is 245 g/mol. The van der Waals surface area contributed by atoms with E-state index in [1.165, 1.54) is 30.9 Å². The second-order valence-electron chi connectivity index (χ2n) is 3.36. The molecule has 0 bridgehead atoms. The lowest BCUT2D eigenvalue weighted by Gasteiger charge is -2.33. The first-order valence-electron chi connectivity index (χ1n) is 4.62. The molecule has 7 heteroatoms. The van der Waals surface area contributed by atoms with E-state index in [2.05, 4.69) is 0 Å². The van der Waals surface area contributed by atoms with Crippen LogP contribution in [0.1, 0.15) is 6.42 Å². The minimum Gasteiger partial charge on any atom is -0.477 e. The number of ether oxygens (including phenoxy) is 2. The van der Waals surface area contributed by atoms with Crippen LogP contribution in [-0.4, -0.2) is 47.8 Å². The number of rotatable bonds is 4. The maximum Gasteiger partial charge on any atom is 0.353 e. The van der Waals surface area contributed by atoms with Gasteiger partial charge < -0.3 is 14.6 Å². The third-order valence-corrected chi connectivity index (χ3v) is 3.78. The van der Waals surface area contributed by atoms with Crippen molar-refractivity contribution >= 4 is 23.6 Å². The molecule has 2 aliphatic heterocycles. The van der Waals surface area contributed by atoms with Crippen LogP contribution in [0, 0.1) is 0 Å². The number of aliphatic carboxylic acids is 1. The van der Waals surface area contributed by atoms with Crippen LogP contribution >= 0.6 is 11.8 Å². The second kappa shape index (κ2) is 4.08. The number of carbonyl (C=O) groups is 2. The molecular weight excluding hydrogens is 234 g/mol. The van der Waals surface area contributed by atoms with E-state index in [-0.39, 0.29) is 17.0 Å². The molecule has 88 valence electrons. The second-order valence-corrected chi connectivity index (χ2v) is 4.58. The number of β-lactam (4-membered cyclic amide) rings is 1. The molecule has 1 fully saturated rings. The fraction of sp³-hybridized carbons (Fsp3) is 0.556. The summed E-state index contributed by atoms with van der Waals surface area (Å²) in [6.07, 6.45) is -0.361. The number of methoxy groups -OCH3 is 2. The highest BCUT2D eigenvalue weighted by Gasteiger charge is 2.50. The van der Waals surface area contributed by atoms with Gasteiger partial charge in [0.05, 0.1) is 16.7 Å². The Hall–Kier alpha value is -1.05. The maximum absolute atomic E-state index is 11.3. The largest absolute Gasteiger partial charge is 0.477 e. The van der Waals surface area contributed by atoms with Crippen LogP contribution in [-0.2, 0) is 19.1 Å². The first-order chi connectivity index (χ1) is 7.60. The van der Waals surface area contributed by atoms with E-state index in [1.807, 2.05) is 0 Å². The van der Waals surface area contributed by atoms with Gasteiger partial charge in [0.15, 0.2) is 6.29 Å². The highest BCUT2D eigenvalue weighted by Crippen LogP contribution is 2.47. The SMILES string of the molecule is COC(OC)C1=C(C(=O)O)N2C(=O)C[C@@H]2S1. The van der Waals surface area contributed by atoms with Crippen LogP contribution in [0.2, 0.25) is 0 Å². The van der Waals surface area contributed by atoms with Crippen molar-refractivity contribution in [3.8, 4) is 0 Å². The number of hydrogen-bond acceptors (Lipinski definition) is 5. The molecule has 0 unspecified atom stereocenters. The highest BCUT2D eigenvalue weighted by atomic mass is 32.2. The van der Waals surface area contributed by atoms with Gasteiger partial charge in [-0.05, 0) is 0 Å². The fourth-order valence-corrected chi connectivity index (χ4v) is 3.21. The molecule has 0 aromatic rings. The van der Waals surface area contributed by atoms with Crippen molar-refractivity contribution in [1.82, 2.24) is 4.90 Å². The number of carbonyl (C=O) groups excluding carboxylic acids is 1. The van der Waals surface area contributed by atoms with E-state index in [4.69, 9.17) is 14.6 Å². The first kappa shape index (κ1) is 11.4. The number of fused-ring (bicyclic) bond motifs is 1. The minimum absolute atomic E-state index is 0.0139. The van der Waals surface area contributed by atoms with Crippen molar-refractivity contribution in [2.75, 3.05) is 14.2 Å². The van der Waals surface area contributed by atoms with E-state index in [1.54, 1.807) is 0 Å². The summed E-state index contributed by atoms with van der Waals surface area (Å²) in [6, 6.07) is 0. The molecule has 16 heavy (non-hydrogen) atoms. The summed E-state index contributed by atoms with van der Waals surface area (Å²) >= 11 is 1.31. The topological polar surface area (TPSA) is 76.1 Å². The Morgan fingerprint density at radius 3 is 2.62 bits per heavy atom. The summed E-state index contributed by atoms with van der Waals surface area (Å²) in [5.41, 5.74) is -0.0139. The van der Waals surface area contributed by atoms with E-state index in [9.17, 15) is 9.59 Å². The molecule has 0 aliphatic carbocycles. The summed E-state index contributed by atoms with van der Waals surface area (Å²) in [5.74, 6) is -1.30. The maximum atomic E-state index is 11.3. The van der Waals surface area contributed by atoms with Crippen molar-refractivity contribution < 1.29 is 24.2 Å². The van der Waals surface area contributed by atoms with Gasteiger partial charge in [-0.1, -0.05) is 11.8 Å². The highest BCUT2D eigenvalue weighted by molar-refractivity contribution is 8.04. The van der Waals surface area contributed by atoms with Gasteiger partial charge in [-0.15, -0.1) is 0 Å². The molecule has 2 rings (SSSR count). The summed E-state index contributed by atoms with van der Waals surface area (Å²) in [5, 5.41) is 8.98. The van der Waals surface area contributed by atoms with E-state index < -0.39 is 12.3 Å². The summed E-state index contributed by atoms with van der Waals surface area (Å²) in [4.78, 5) is 24.1. The molecule has 0 aromatic carbocycles. The zero-order chi connectivity index (χ0) is 11.9. The number of nitrogens with zero attached hydrogens (tertiary/aromatic N) is 1. The Kier molecular flexibility index (Phi) is 2.92. The predicted molar refractivity (Wildman–Crippen MR) is 55.3 cm³/mol. The molecule has 2 aliphatic rings. The molecule has 1 atom stereocenters. The van der Waals surface area contributed by atoms with Gasteiger partial charge in [0, 0.05) is 14.2 Å². The van der Waals surface area contributed by atoms with Crippen LogP contribution < -0.4 is 0 Å². The Morgan fingerprint density at radius 1 is 1.56 bits per heavy atom. The van der Waals surface area contributed by atoms with Crippen LogP contribution in [0.25, 0.3) is 0 Å². The molecule has 1 saturated heterocycles. The zero-order valence-corrected chi connectivity index (χ0v) is 9.61. The van der Waals surface area contributed by atoms with E-state index in [0.29, 0.717) is 11.3 Å². The average molecular weight is 245 g/mol. The number of thioether (sulfide) groups is 1. The zero-order valence-electron chi connectivity index (χ0n) is 8.80. The van der Waals surface area contributed by atoms with Gasteiger partial charge >= 0.3 is 5.97 Å². The number of carboxylic acids is 1. The van der Waals surface area contributed by atoms with Gasteiger partial charge in [0.1, 0.15) is 5.70 Å². The number of amides is 1. The van der Waals surface area contributed by atoms with Crippen molar-refractivity contribution in [2.45, 2.75) is 18.1 Å². The smallest absolute Gasteiger partial charge is 0.353 e. The lowest BCUT2D eigenvalue weighted by atomic mass is 10.1. The minimum atomic E-state index is -1.13. The summed E-state index contributed by atoms with van der Waals surface area (Å²) < 4.78 is 10.0. The first-order valence-corrected chi connectivity index (χ1v) is 5.50. The Balaban J connectivity index is 2.35. The van der Waals surface area contributed by atoms with Crippen LogP contribution in [0.4, 0.5) is 0 Å². The molecule has 0 radical (unpaired) electrons. The molecule has 0 spiro atoms. The molecular formula is C9H11NO5S. The lowest BCUT2D eigenvalue weighted by molar-refractivity contribution is -0.145. The van der Waals surface area contributed by atoms with Crippen LogP contribution in [0.3, 0.4) is 0 Å². The summed E-state index contributed by atoms with van der Waals surface area (Å²) in [6.45, 7) is 0. The Labute approximate surface area is 96.2 Å². The Morgan fingerprint density at radius 2 is 2.19 bits per heavy atom. The third-order valence-electron chi connectivity index (χ3n) is 2.49. The van der Waals surface area contributed by atoms with Crippen molar-refractivity contribution in [3.05, 3.63) is 10.6 Å². The standard InChI is InChI=1S/C9H11NO5S/c1-14-9(15-2)7-6(8(12)13)10-4(11)3-5(10)16-7/h5,9H,3H2,1-2H3,(H,12,13)/t5-/m0/s1. The number of hydrogen-bond donors (Lipinski definition) is 1. The van der Waals surface area contributed by atoms with Crippen LogP contribution in [0.5, 0.6) is 0 Å². The average Bonchev–Trinajstić information content (AvgIpc) is 2.54. The van der Waals surface area contributed by atoms with E-state index in [0.717, 1.165) is 0 Å². The predicted octanol–water partition coefficient (Wildman–Crippen LogP) is 0.207. The van der Waals surface area contributed by atoms with Crippen molar-refractivity contribution in [1.29, 1.82) is 0 Å². The Bertz CT molecular complexity index is 376. The quantitative estimate of drug-likeness (QED) is 0.563. The lowest BCUT2D eigenvalue weighted by Crippen LogP contribution is -2.48. The van der Waals surface area contributed by atoms with Gasteiger partial charge in [0.2, 0.25) is 5.91 Å². The third kappa shape index (κ3) is 1.51. The van der Waals surface area contributed by atoms with Gasteiger partial charge in [-0.3, -0.25) is 9.69 Å². The molecule has 2 heterocycles. The van der Waals surface area contributed by atoms with Crippen molar-refractivity contribution in [2.24, 2.45) is 0 Å². The molecule has 0 saturated carbocycles. The molecule has 1 amide bonds. The van der Waals surface area contributed by atoms with Gasteiger partial charge in [-0.2, -0.15) is 0 Å². The number of carboxylic acid groups (broad SMARTS) is 1. The van der Waals surface area contributed by atoms with Crippen molar-refractivity contribution in [3.63, 3.8) is 0 Å². The summed E-state index contributed by atoms with van der Waals surface area (Å²) in [7, 11) is 2.86. The fourth-order valence-electron chi connectivity index (χ4n) is 1.76.